The molecule has 0 saturated carbocycles. The maximum absolute atomic E-state index is 13.5. The van der Waals surface area contributed by atoms with Gasteiger partial charge in [-0.15, -0.1) is 6.58 Å². The quantitative estimate of drug-likeness (QED) is 0.390. The summed E-state index contributed by atoms with van der Waals surface area (Å²) < 4.78 is 35.0. The number of sulfonamides is 1. The summed E-state index contributed by atoms with van der Waals surface area (Å²) in [5.41, 5.74) is 2.12. The maximum atomic E-state index is 13.5. The maximum Gasteiger partial charge on any atom is 0.243 e. The zero-order chi connectivity index (χ0) is 21.9. The van der Waals surface area contributed by atoms with Gasteiger partial charge in [0.1, 0.15) is 0 Å². The Hall–Kier alpha value is -1.21. The molecule has 0 fully saturated rings. The molecule has 0 radical (unpaired) electrons. The van der Waals surface area contributed by atoms with E-state index in [1.807, 2.05) is 19.1 Å². The van der Waals surface area contributed by atoms with Gasteiger partial charge in [0.15, 0.2) is 8.32 Å². The molecule has 0 bridgehead atoms. The first-order chi connectivity index (χ1) is 13.4. The standard InChI is InChI=1S/C23H37NO3SSi/c1-8-17-24(28(25,26)21-15-13-19(2)14-16-21)22-12-10-9-11-20(22)18-27-29(6,7)23(3,4)5/h8,11,13-16,22H,1,9-10,12,17-18H2,2-7H3. The summed E-state index contributed by atoms with van der Waals surface area (Å²) in [4.78, 5) is 0.334. The zero-order valence-electron chi connectivity index (χ0n) is 18.9. The Morgan fingerprint density at radius 2 is 1.86 bits per heavy atom. The number of hydrogen-bond donors (Lipinski definition) is 0. The van der Waals surface area contributed by atoms with Gasteiger partial charge in [-0.2, -0.15) is 4.31 Å². The van der Waals surface area contributed by atoms with E-state index in [4.69, 9.17) is 4.43 Å². The van der Waals surface area contributed by atoms with Crippen LogP contribution in [0.1, 0.15) is 45.6 Å². The number of allylic oxidation sites excluding steroid dienone is 1. The summed E-state index contributed by atoms with van der Waals surface area (Å²) in [6.07, 6.45) is 6.62. The predicted molar refractivity (Wildman–Crippen MR) is 124 cm³/mol. The lowest BCUT2D eigenvalue weighted by Gasteiger charge is -2.39. The molecule has 1 aromatic rings. The van der Waals surface area contributed by atoms with Crippen molar-refractivity contribution >= 4 is 18.3 Å². The average Bonchev–Trinajstić information content (AvgIpc) is 2.64. The Balaban J connectivity index is 2.32. The van der Waals surface area contributed by atoms with E-state index in [1.54, 1.807) is 22.5 Å². The molecule has 1 atom stereocenters. The van der Waals surface area contributed by atoms with Gasteiger partial charge in [-0.25, -0.2) is 8.42 Å². The van der Waals surface area contributed by atoms with Gasteiger partial charge in [0, 0.05) is 12.6 Å². The number of aryl methyl sites for hydroxylation is 1. The van der Waals surface area contributed by atoms with Crippen molar-refractivity contribution in [3.8, 4) is 0 Å². The number of nitrogens with zero attached hydrogens (tertiary/aromatic N) is 1. The third-order valence-electron chi connectivity index (χ3n) is 6.21. The van der Waals surface area contributed by atoms with Crippen LogP contribution in [0.3, 0.4) is 0 Å². The topological polar surface area (TPSA) is 46.6 Å². The summed E-state index contributed by atoms with van der Waals surface area (Å²) in [5.74, 6) is 0. The van der Waals surface area contributed by atoms with Gasteiger partial charge in [0.05, 0.1) is 11.5 Å². The third kappa shape index (κ3) is 5.69. The van der Waals surface area contributed by atoms with Crippen LogP contribution in [0.15, 0.2) is 53.5 Å². The minimum atomic E-state index is -3.62. The fraction of sp³-hybridized carbons (Fsp3) is 0.565. The zero-order valence-corrected chi connectivity index (χ0v) is 20.7. The van der Waals surface area contributed by atoms with Gasteiger partial charge in [0.25, 0.3) is 0 Å². The lowest BCUT2D eigenvalue weighted by molar-refractivity contribution is 0.273. The van der Waals surface area contributed by atoms with Crippen molar-refractivity contribution in [2.45, 2.75) is 76.0 Å². The first-order valence-corrected chi connectivity index (χ1v) is 14.8. The summed E-state index contributed by atoms with van der Waals surface area (Å²) >= 11 is 0. The van der Waals surface area contributed by atoms with E-state index >= 15 is 0 Å². The second-order valence-corrected chi connectivity index (χ2v) is 16.2. The molecule has 1 aliphatic carbocycles. The number of benzene rings is 1. The van der Waals surface area contributed by atoms with Crippen molar-refractivity contribution in [2.75, 3.05) is 13.2 Å². The van der Waals surface area contributed by atoms with Crippen LogP contribution in [0.5, 0.6) is 0 Å². The largest absolute Gasteiger partial charge is 0.413 e. The molecule has 1 aromatic carbocycles. The van der Waals surface area contributed by atoms with Gasteiger partial charge in [-0.3, -0.25) is 0 Å². The lowest BCUT2D eigenvalue weighted by Crippen LogP contribution is -2.46. The van der Waals surface area contributed by atoms with Crippen LogP contribution < -0.4 is 0 Å². The van der Waals surface area contributed by atoms with Gasteiger partial charge >= 0.3 is 0 Å². The second-order valence-electron chi connectivity index (χ2n) is 9.45. The Morgan fingerprint density at radius 3 is 2.41 bits per heavy atom. The van der Waals surface area contributed by atoms with Crippen molar-refractivity contribution in [3.63, 3.8) is 0 Å². The molecule has 1 unspecified atom stereocenters. The van der Waals surface area contributed by atoms with Gasteiger partial charge < -0.3 is 4.43 Å². The van der Waals surface area contributed by atoms with E-state index in [1.165, 1.54) is 0 Å². The molecule has 0 spiro atoms. The summed E-state index contributed by atoms with van der Waals surface area (Å²) in [5, 5.41) is 0.118. The summed E-state index contributed by atoms with van der Waals surface area (Å²) in [6, 6.07) is 6.89. The van der Waals surface area contributed by atoms with Crippen molar-refractivity contribution in [3.05, 3.63) is 54.1 Å². The van der Waals surface area contributed by atoms with Crippen molar-refractivity contribution in [1.29, 1.82) is 0 Å². The van der Waals surface area contributed by atoms with E-state index in [-0.39, 0.29) is 17.6 Å². The fourth-order valence-corrected chi connectivity index (χ4v) is 5.84. The van der Waals surface area contributed by atoms with Gasteiger partial charge in [-0.05, 0) is 62.0 Å². The van der Waals surface area contributed by atoms with Crippen LogP contribution in [0, 0.1) is 6.92 Å². The van der Waals surface area contributed by atoms with E-state index in [0.29, 0.717) is 11.5 Å². The molecule has 0 amide bonds. The third-order valence-corrected chi connectivity index (χ3v) is 12.6. The molecule has 0 N–H and O–H groups in total. The molecule has 0 aromatic heterocycles. The number of rotatable bonds is 8. The lowest BCUT2D eigenvalue weighted by atomic mass is 9.94. The van der Waals surface area contributed by atoms with Crippen LogP contribution in [-0.2, 0) is 14.4 Å². The first-order valence-electron chi connectivity index (χ1n) is 10.4. The van der Waals surface area contributed by atoms with Crippen molar-refractivity contribution in [2.24, 2.45) is 0 Å². The van der Waals surface area contributed by atoms with E-state index in [2.05, 4.69) is 46.5 Å². The van der Waals surface area contributed by atoms with Crippen molar-refractivity contribution < 1.29 is 12.8 Å². The molecule has 2 rings (SSSR count). The fourth-order valence-electron chi connectivity index (χ4n) is 3.25. The monoisotopic (exact) mass is 435 g/mol. The van der Waals surface area contributed by atoms with Crippen LogP contribution in [0.25, 0.3) is 0 Å². The van der Waals surface area contributed by atoms with Crippen LogP contribution in [0.2, 0.25) is 18.1 Å². The Kier molecular flexibility index (Phi) is 7.71. The molecular formula is C23H37NO3SSi. The molecule has 4 nitrogen and oxygen atoms in total. The first kappa shape index (κ1) is 24.1. The average molecular weight is 436 g/mol. The van der Waals surface area contributed by atoms with E-state index in [9.17, 15) is 8.42 Å². The summed E-state index contributed by atoms with van der Waals surface area (Å²) in [6.45, 7) is 17.7. The highest BCUT2D eigenvalue weighted by molar-refractivity contribution is 7.89. The highest BCUT2D eigenvalue weighted by Crippen LogP contribution is 2.38. The second kappa shape index (κ2) is 9.29. The van der Waals surface area contributed by atoms with Crippen LogP contribution in [0.4, 0.5) is 0 Å². The number of hydrogen-bond acceptors (Lipinski definition) is 3. The Bertz CT molecular complexity index is 836. The highest BCUT2D eigenvalue weighted by atomic mass is 32.2. The van der Waals surface area contributed by atoms with Gasteiger partial charge in [0.2, 0.25) is 10.0 Å². The van der Waals surface area contributed by atoms with E-state index in [0.717, 1.165) is 30.4 Å². The van der Waals surface area contributed by atoms with Crippen molar-refractivity contribution in [1.82, 2.24) is 4.31 Å². The van der Waals surface area contributed by atoms with Crippen LogP contribution in [-0.4, -0.2) is 40.2 Å². The molecule has 1 aliphatic rings. The summed E-state index contributed by atoms with van der Waals surface area (Å²) in [7, 11) is -5.53. The normalized spacial score (nSPS) is 18.6. The minimum absolute atomic E-state index is 0.118. The smallest absolute Gasteiger partial charge is 0.243 e. The SMILES string of the molecule is C=CCN(C1CCCC=C1CO[Si](C)(C)C(C)(C)C)S(=O)(=O)c1ccc(C)cc1. The predicted octanol–water partition coefficient (Wildman–Crippen LogP) is 5.67. The molecule has 29 heavy (non-hydrogen) atoms. The molecular weight excluding hydrogens is 398 g/mol. The van der Waals surface area contributed by atoms with E-state index < -0.39 is 18.3 Å². The van der Waals surface area contributed by atoms with Crippen LogP contribution >= 0.6 is 0 Å². The molecule has 0 saturated heterocycles. The van der Waals surface area contributed by atoms with Gasteiger partial charge in [-0.1, -0.05) is 50.6 Å². The minimum Gasteiger partial charge on any atom is -0.413 e. The molecule has 6 heteroatoms. The molecule has 0 heterocycles. The highest BCUT2D eigenvalue weighted by Gasteiger charge is 2.39. The molecule has 162 valence electrons. The Morgan fingerprint density at radius 1 is 1.24 bits per heavy atom. The Labute approximate surface area is 178 Å². The molecule has 0 aliphatic heterocycles.